The van der Waals surface area contributed by atoms with E-state index in [-0.39, 0.29) is 17.1 Å². The maximum atomic E-state index is 12.9. The molecule has 1 fully saturated rings. The number of aromatic nitrogens is 2. The molecule has 0 aliphatic carbocycles. The number of ether oxygens (including phenoxy) is 1. The SMILES string of the molecule is Cc1ccc(COc2ccc(-c3nn(-c4ccccc4)cc3C=C(C#N)C(=O)NC3CCS(=O)(=O)C3)cc2)cc1. The van der Waals surface area contributed by atoms with Gasteiger partial charge in [-0.25, -0.2) is 13.1 Å². The fourth-order valence-corrected chi connectivity index (χ4v) is 6.14. The van der Waals surface area contributed by atoms with E-state index in [0.29, 0.717) is 30.0 Å². The highest BCUT2D eigenvalue weighted by Gasteiger charge is 2.29. The van der Waals surface area contributed by atoms with Gasteiger partial charge in [0.2, 0.25) is 0 Å². The third-order valence-corrected chi connectivity index (χ3v) is 8.42. The Bertz CT molecular complexity index is 1680. The summed E-state index contributed by atoms with van der Waals surface area (Å²) in [7, 11) is -3.17. The molecule has 1 amide bonds. The summed E-state index contributed by atoms with van der Waals surface area (Å²) >= 11 is 0. The van der Waals surface area contributed by atoms with E-state index in [2.05, 4.69) is 5.32 Å². The van der Waals surface area contributed by atoms with E-state index in [1.54, 1.807) is 10.9 Å². The van der Waals surface area contributed by atoms with Crippen LogP contribution in [0.5, 0.6) is 5.75 Å². The first-order chi connectivity index (χ1) is 19.3. The quantitative estimate of drug-likeness (QED) is 0.252. The largest absolute Gasteiger partial charge is 0.489 e. The normalized spacial score (nSPS) is 16.3. The van der Waals surface area contributed by atoms with Crippen molar-refractivity contribution in [1.82, 2.24) is 15.1 Å². The summed E-state index contributed by atoms with van der Waals surface area (Å²) < 4.78 is 31.2. The number of rotatable bonds is 8. The Labute approximate surface area is 233 Å². The van der Waals surface area contributed by atoms with E-state index in [4.69, 9.17) is 9.84 Å². The number of amides is 1. The maximum Gasteiger partial charge on any atom is 0.262 e. The number of hydrogen-bond acceptors (Lipinski definition) is 6. The van der Waals surface area contributed by atoms with Gasteiger partial charge in [0.25, 0.3) is 5.91 Å². The van der Waals surface area contributed by atoms with E-state index < -0.39 is 21.8 Å². The molecule has 1 aliphatic heterocycles. The third-order valence-electron chi connectivity index (χ3n) is 6.65. The number of carbonyl (C=O) groups excluding carboxylic acids is 1. The second-order valence-electron chi connectivity index (χ2n) is 9.76. The minimum absolute atomic E-state index is 0.0300. The Morgan fingerprint density at radius 1 is 1.10 bits per heavy atom. The fourth-order valence-electron chi connectivity index (χ4n) is 4.47. The zero-order valence-corrected chi connectivity index (χ0v) is 22.8. The highest BCUT2D eigenvalue weighted by molar-refractivity contribution is 7.91. The van der Waals surface area contributed by atoms with E-state index in [1.165, 1.54) is 11.6 Å². The first kappa shape index (κ1) is 26.9. The van der Waals surface area contributed by atoms with Gasteiger partial charge in [-0.3, -0.25) is 4.79 Å². The van der Waals surface area contributed by atoms with E-state index in [0.717, 1.165) is 16.8 Å². The van der Waals surface area contributed by atoms with Crippen LogP contribution in [0.1, 0.15) is 23.1 Å². The first-order valence-electron chi connectivity index (χ1n) is 12.9. The second-order valence-corrected chi connectivity index (χ2v) is 12.0. The fraction of sp³-hybridized carbons (Fsp3) is 0.194. The standard InChI is InChI=1S/C31H28N4O4S/c1-22-7-9-23(10-8-22)20-39-29-13-11-24(12-14-29)30-26(19-35(34-30)28-5-3-2-4-6-28)17-25(18-32)31(36)33-27-15-16-40(37,38)21-27/h2-14,17,19,27H,15-16,20-21H2,1H3,(H,33,36). The van der Waals surface area contributed by atoms with Crippen molar-refractivity contribution in [1.29, 1.82) is 5.26 Å². The second kappa shape index (κ2) is 11.6. The van der Waals surface area contributed by atoms with Crippen molar-refractivity contribution in [3.63, 3.8) is 0 Å². The van der Waals surface area contributed by atoms with Crippen molar-refractivity contribution >= 4 is 21.8 Å². The van der Waals surface area contributed by atoms with Crippen molar-refractivity contribution in [3.05, 3.63) is 107 Å². The minimum Gasteiger partial charge on any atom is -0.489 e. The predicted octanol–water partition coefficient (Wildman–Crippen LogP) is 4.64. The molecule has 0 bridgehead atoms. The van der Waals surface area contributed by atoms with Crippen LogP contribution >= 0.6 is 0 Å². The van der Waals surface area contributed by atoms with Gasteiger partial charge in [0, 0.05) is 23.4 Å². The Morgan fingerprint density at radius 2 is 1.82 bits per heavy atom. The zero-order valence-electron chi connectivity index (χ0n) is 21.9. The van der Waals surface area contributed by atoms with Gasteiger partial charge in [-0.15, -0.1) is 0 Å². The van der Waals surface area contributed by atoms with Gasteiger partial charge < -0.3 is 10.1 Å². The summed E-state index contributed by atoms with van der Waals surface area (Å²) in [6.07, 6.45) is 3.59. The highest BCUT2D eigenvalue weighted by Crippen LogP contribution is 2.28. The molecule has 5 rings (SSSR count). The number of nitrogens with zero attached hydrogens (tertiary/aromatic N) is 3. The Morgan fingerprint density at radius 3 is 2.48 bits per heavy atom. The molecule has 1 unspecified atom stereocenters. The minimum atomic E-state index is -3.17. The lowest BCUT2D eigenvalue weighted by molar-refractivity contribution is -0.117. The Balaban J connectivity index is 1.41. The summed E-state index contributed by atoms with van der Waals surface area (Å²) in [5, 5.41) is 17.2. The van der Waals surface area contributed by atoms with Crippen LogP contribution in [0.2, 0.25) is 0 Å². The lowest BCUT2D eigenvalue weighted by atomic mass is 10.1. The van der Waals surface area contributed by atoms with Crippen molar-refractivity contribution in [2.24, 2.45) is 0 Å². The number of benzene rings is 3. The van der Waals surface area contributed by atoms with E-state index in [9.17, 15) is 18.5 Å². The van der Waals surface area contributed by atoms with Gasteiger partial charge in [0.05, 0.1) is 22.9 Å². The average Bonchev–Trinajstić information content (AvgIpc) is 3.54. The van der Waals surface area contributed by atoms with Gasteiger partial charge in [-0.1, -0.05) is 48.0 Å². The molecule has 40 heavy (non-hydrogen) atoms. The molecule has 202 valence electrons. The van der Waals surface area contributed by atoms with E-state index >= 15 is 0 Å². The van der Waals surface area contributed by atoms with Crippen molar-refractivity contribution in [2.75, 3.05) is 11.5 Å². The smallest absolute Gasteiger partial charge is 0.262 e. The topological polar surface area (TPSA) is 114 Å². The van der Waals surface area contributed by atoms with Crippen molar-refractivity contribution in [3.8, 4) is 28.8 Å². The van der Waals surface area contributed by atoms with Gasteiger partial charge in [0.15, 0.2) is 9.84 Å². The third kappa shape index (κ3) is 6.47. The molecule has 1 atom stereocenters. The maximum absolute atomic E-state index is 12.9. The first-order valence-corrected chi connectivity index (χ1v) is 14.7. The van der Waals surface area contributed by atoms with Crippen LogP contribution in [0.3, 0.4) is 0 Å². The average molecular weight is 553 g/mol. The molecule has 9 heteroatoms. The summed E-state index contributed by atoms with van der Waals surface area (Å²) in [6, 6.07) is 26.6. The molecule has 8 nitrogen and oxygen atoms in total. The molecule has 1 aliphatic rings. The van der Waals surface area contributed by atoms with Gasteiger partial charge in [0.1, 0.15) is 24.0 Å². The molecule has 0 radical (unpaired) electrons. The zero-order chi connectivity index (χ0) is 28.1. The number of nitrogens with one attached hydrogen (secondary N) is 1. The molecule has 2 heterocycles. The summed E-state index contributed by atoms with van der Waals surface area (Å²) in [6.45, 7) is 2.49. The van der Waals surface area contributed by atoms with Crippen LogP contribution in [0.15, 0.2) is 90.6 Å². The van der Waals surface area contributed by atoms with Crippen LogP contribution in [-0.2, 0) is 21.2 Å². The molecular weight excluding hydrogens is 524 g/mol. The van der Waals surface area contributed by atoms with E-state index in [1.807, 2.05) is 91.9 Å². The Hall–Kier alpha value is -4.68. The molecule has 1 aromatic heterocycles. The summed E-state index contributed by atoms with van der Waals surface area (Å²) in [5.74, 6) is 0.00489. The highest BCUT2D eigenvalue weighted by atomic mass is 32.2. The van der Waals surface area contributed by atoms with Gasteiger partial charge in [-0.05, 0) is 61.4 Å². The molecule has 3 aromatic carbocycles. The monoisotopic (exact) mass is 552 g/mol. The molecule has 4 aromatic rings. The van der Waals surface area contributed by atoms with Crippen LogP contribution in [0.25, 0.3) is 23.0 Å². The Kier molecular flexibility index (Phi) is 7.80. The molecule has 0 spiro atoms. The predicted molar refractivity (Wildman–Crippen MR) is 153 cm³/mol. The number of carbonyl (C=O) groups is 1. The summed E-state index contributed by atoms with van der Waals surface area (Å²) in [4.78, 5) is 12.9. The van der Waals surface area contributed by atoms with Crippen LogP contribution in [0, 0.1) is 18.3 Å². The lowest BCUT2D eigenvalue weighted by Gasteiger charge is -2.10. The van der Waals surface area contributed by atoms with Crippen LogP contribution in [0.4, 0.5) is 0 Å². The van der Waals surface area contributed by atoms with Gasteiger partial charge >= 0.3 is 0 Å². The molecule has 0 saturated carbocycles. The number of hydrogen-bond donors (Lipinski definition) is 1. The number of para-hydroxylation sites is 1. The molecule has 1 N–H and O–H groups in total. The lowest BCUT2D eigenvalue weighted by Crippen LogP contribution is -2.36. The number of nitriles is 1. The number of sulfone groups is 1. The van der Waals surface area contributed by atoms with Crippen LogP contribution in [-0.4, -0.2) is 41.7 Å². The summed E-state index contributed by atoms with van der Waals surface area (Å²) in [5.41, 5.74) is 4.89. The van der Waals surface area contributed by atoms with Gasteiger partial charge in [-0.2, -0.15) is 10.4 Å². The number of aryl methyl sites for hydroxylation is 1. The van der Waals surface area contributed by atoms with Crippen molar-refractivity contribution < 1.29 is 17.9 Å². The molecular formula is C31H28N4O4S. The van der Waals surface area contributed by atoms with Crippen LogP contribution < -0.4 is 10.1 Å². The van der Waals surface area contributed by atoms with Crippen molar-refractivity contribution in [2.45, 2.75) is 26.0 Å². The molecule has 1 saturated heterocycles.